The molecule has 18 aromatic carbocycles. The van der Waals surface area contributed by atoms with E-state index >= 15 is 0 Å². The Hall–Kier alpha value is -15.2. The molecule has 576 valence electrons. The van der Waals surface area contributed by atoms with Gasteiger partial charge in [0.1, 0.15) is 67.0 Å². The molecule has 0 amide bonds. The lowest BCUT2D eigenvalue weighted by atomic mass is 10.0. The Morgan fingerprint density at radius 1 is 0.142 bits per heavy atom. The molecule has 0 spiro atoms. The largest absolute Gasteiger partial charge is 0.456 e. The van der Waals surface area contributed by atoms with E-state index in [-0.39, 0.29) is 0 Å². The van der Waals surface area contributed by atoms with Crippen LogP contribution in [0.1, 0.15) is 33.4 Å². The standard InChI is InChI=1S/6C19H14O/c1-13-7-5-12-17-18(13)16-11-6-10-15(19(16)20-17)14-8-3-2-4-9-14;1-13-6-5-9-17-16-11-10-15(12-18(16)20-19(13)17)14-7-3-2-4-8-14;1-13-10-11-16-17-9-5-8-15(14-6-3-2-4-7-14)19(17)20-18(16)12-13;1-13-10-11-18-17(12-13)16-9-5-8-15(19(16)20-18)14-6-3-2-4-7-14;1-13-7-10-18-17(11-13)16-9-8-15(12-19(16)20-18)14-5-3-2-4-6-14;1-13-7-9-16-17-10-8-15(14-5-3-2-4-6-14)12-19(17)20-18(16)11-13/h6*2-12H,1H3. The Labute approximate surface area is 695 Å². The van der Waals surface area contributed by atoms with Crippen LogP contribution in [-0.4, -0.2) is 0 Å². The first-order valence-corrected chi connectivity index (χ1v) is 40.8. The quantitative estimate of drug-likeness (QED) is 0.165. The highest BCUT2D eigenvalue weighted by Gasteiger charge is 2.18. The van der Waals surface area contributed by atoms with Gasteiger partial charge < -0.3 is 26.5 Å². The van der Waals surface area contributed by atoms with Gasteiger partial charge in [0, 0.05) is 81.3 Å². The molecule has 0 aliphatic heterocycles. The summed E-state index contributed by atoms with van der Waals surface area (Å²) in [5.74, 6) is 0. The van der Waals surface area contributed by atoms with Gasteiger partial charge in [-0.05, 0) is 193 Å². The lowest BCUT2D eigenvalue weighted by Crippen LogP contribution is -1.78. The minimum Gasteiger partial charge on any atom is -0.456 e. The van der Waals surface area contributed by atoms with Gasteiger partial charge >= 0.3 is 0 Å². The van der Waals surface area contributed by atoms with Crippen LogP contribution in [0.15, 0.2) is 427 Å². The molecule has 0 bridgehead atoms. The van der Waals surface area contributed by atoms with E-state index in [9.17, 15) is 0 Å². The maximum atomic E-state index is 6.12. The van der Waals surface area contributed by atoms with Gasteiger partial charge in [0.15, 0.2) is 0 Å². The Morgan fingerprint density at radius 3 is 0.892 bits per heavy atom. The second-order valence-electron chi connectivity index (χ2n) is 30.9. The van der Waals surface area contributed by atoms with E-state index in [2.05, 4.69) is 387 Å². The molecular weight excluding hydrogens is 1470 g/mol. The van der Waals surface area contributed by atoms with Gasteiger partial charge in [-0.25, -0.2) is 0 Å². The van der Waals surface area contributed by atoms with Gasteiger partial charge in [0.2, 0.25) is 0 Å². The van der Waals surface area contributed by atoms with E-state index in [1.807, 2.05) is 54.6 Å². The van der Waals surface area contributed by atoms with Crippen LogP contribution in [-0.2, 0) is 0 Å². The number of benzene rings is 18. The van der Waals surface area contributed by atoms with Gasteiger partial charge in [-0.1, -0.05) is 333 Å². The Kier molecular flexibility index (Phi) is 20.5. The molecule has 6 nitrogen and oxygen atoms in total. The van der Waals surface area contributed by atoms with E-state index in [1.54, 1.807) is 0 Å². The third-order valence-electron chi connectivity index (χ3n) is 22.6. The van der Waals surface area contributed by atoms with Crippen molar-refractivity contribution in [3.8, 4) is 66.8 Å². The molecule has 0 aliphatic carbocycles. The highest BCUT2D eigenvalue weighted by atomic mass is 16.3. The SMILES string of the molecule is Cc1ccc2c(c1)oc1c(-c3ccccc3)cccc12.Cc1ccc2c(c1)oc1cc(-c3ccccc3)ccc12.Cc1ccc2oc3c(-c4ccccc4)cccc3c2c1.Cc1ccc2oc3cc(-c4ccccc4)ccc3c2c1.Cc1cccc2c1oc1cc(-c3ccccc3)ccc12.Cc1cccc2oc3c(-c4ccccc4)cccc3c12. The average Bonchev–Trinajstić information content (AvgIpc) is 1.62. The first kappa shape index (κ1) is 74.8. The fourth-order valence-corrected chi connectivity index (χ4v) is 16.5. The summed E-state index contributed by atoms with van der Waals surface area (Å²) in [6.45, 7) is 12.6. The van der Waals surface area contributed by atoms with Crippen LogP contribution in [0, 0.1) is 41.5 Å². The smallest absolute Gasteiger partial charge is 0.143 e. The molecule has 0 saturated heterocycles. The van der Waals surface area contributed by atoms with E-state index in [0.29, 0.717) is 0 Å². The molecule has 0 aliphatic rings. The number of rotatable bonds is 6. The van der Waals surface area contributed by atoms with E-state index < -0.39 is 0 Å². The third kappa shape index (κ3) is 15.1. The summed E-state index contributed by atoms with van der Waals surface area (Å²) in [5, 5.41) is 14.3. The predicted molar refractivity (Wildman–Crippen MR) is 503 cm³/mol. The van der Waals surface area contributed by atoms with Crippen LogP contribution in [0.25, 0.3) is 198 Å². The fourth-order valence-electron chi connectivity index (χ4n) is 16.5. The van der Waals surface area contributed by atoms with Gasteiger partial charge in [-0.3, -0.25) is 0 Å². The van der Waals surface area contributed by atoms with Crippen LogP contribution >= 0.6 is 0 Å². The van der Waals surface area contributed by atoms with Crippen molar-refractivity contribution in [2.24, 2.45) is 0 Å². The van der Waals surface area contributed by atoms with Crippen LogP contribution in [0.3, 0.4) is 0 Å². The van der Waals surface area contributed by atoms with Crippen molar-refractivity contribution in [2.45, 2.75) is 41.5 Å². The zero-order valence-corrected chi connectivity index (χ0v) is 67.6. The lowest BCUT2D eigenvalue weighted by Gasteiger charge is -2.02. The summed E-state index contributed by atoms with van der Waals surface area (Å²) >= 11 is 0. The van der Waals surface area contributed by atoms with Crippen LogP contribution in [0.2, 0.25) is 0 Å². The van der Waals surface area contributed by atoms with E-state index in [4.69, 9.17) is 26.5 Å². The maximum absolute atomic E-state index is 6.12. The molecule has 6 heterocycles. The molecule has 0 radical (unpaired) electrons. The zero-order valence-electron chi connectivity index (χ0n) is 67.6. The molecule has 24 aromatic rings. The maximum Gasteiger partial charge on any atom is 0.143 e. The normalized spacial score (nSPS) is 11.2. The molecule has 0 N–H and O–H groups in total. The molecular formula is C114H84O6. The molecule has 6 aromatic heterocycles. The highest BCUT2D eigenvalue weighted by Crippen LogP contribution is 2.42. The Morgan fingerprint density at radius 2 is 0.425 bits per heavy atom. The number of para-hydroxylation sites is 4. The minimum atomic E-state index is 0.951. The summed E-state index contributed by atoms with van der Waals surface area (Å²) < 4.78 is 36.3. The molecule has 0 unspecified atom stereocenters. The van der Waals surface area contributed by atoms with Crippen molar-refractivity contribution < 1.29 is 26.5 Å². The van der Waals surface area contributed by atoms with Crippen molar-refractivity contribution in [3.05, 3.63) is 434 Å². The van der Waals surface area contributed by atoms with Crippen molar-refractivity contribution in [3.63, 3.8) is 0 Å². The van der Waals surface area contributed by atoms with Crippen LogP contribution in [0.4, 0.5) is 0 Å². The molecule has 0 fully saturated rings. The first-order chi connectivity index (χ1) is 58.9. The van der Waals surface area contributed by atoms with Gasteiger partial charge in [-0.15, -0.1) is 0 Å². The van der Waals surface area contributed by atoms with Crippen molar-refractivity contribution >= 4 is 132 Å². The van der Waals surface area contributed by atoms with Crippen LogP contribution in [0.5, 0.6) is 0 Å². The molecule has 0 saturated carbocycles. The summed E-state index contributed by atoms with van der Waals surface area (Å²) in [4.78, 5) is 0. The van der Waals surface area contributed by atoms with Crippen LogP contribution < -0.4 is 0 Å². The molecule has 24 rings (SSSR count). The Bertz CT molecular complexity index is 7710. The monoisotopic (exact) mass is 1550 g/mol. The minimum absolute atomic E-state index is 0.951. The van der Waals surface area contributed by atoms with Gasteiger partial charge in [0.05, 0.1) is 0 Å². The molecule has 120 heavy (non-hydrogen) atoms. The Balaban J connectivity index is 0.0000000952. The molecule has 0 atom stereocenters. The number of furan rings is 6. The summed E-state index contributed by atoms with van der Waals surface area (Å²) in [6.07, 6.45) is 0. The summed E-state index contributed by atoms with van der Waals surface area (Å²) in [7, 11) is 0. The van der Waals surface area contributed by atoms with Gasteiger partial charge in [-0.2, -0.15) is 0 Å². The third-order valence-corrected chi connectivity index (χ3v) is 22.6. The highest BCUT2D eigenvalue weighted by molar-refractivity contribution is 6.14. The van der Waals surface area contributed by atoms with E-state index in [1.165, 1.54) is 148 Å². The van der Waals surface area contributed by atoms with Crippen molar-refractivity contribution in [2.75, 3.05) is 0 Å². The van der Waals surface area contributed by atoms with Gasteiger partial charge in [0.25, 0.3) is 0 Å². The topological polar surface area (TPSA) is 78.8 Å². The number of fused-ring (bicyclic) bond motifs is 18. The molecule has 6 heteroatoms. The number of hydrogen-bond acceptors (Lipinski definition) is 6. The predicted octanol–water partition coefficient (Wildman–Crippen LogP) is 33.4. The first-order valence-electron chi connectivity index (χ1n) is 40.8. The zero-order chi connectivity index (χ0) is 81.2. The van der Waals surface area contributed by atoms with Crippen molar-refractivity contribution in [1.29, 1.82) is 0 Å². The summed E-state index contributed by atoms with van der Waals surface area (Å²) in [6, 6.07) is 139. The van der Waals surface area contributed by atoms with Crippen molar-refractivity contribution in [1.82, 2.24) is 0 Å². The fraction of sp³-hybridized carbons (Fsp3) is 0.0526. The number of aryl methyl sites for hydroxylation is 6. The second kappa shape index (κ2) is 32.8. The second-order valence-corrected chi connectivity index (χ2v) is 30.9. The number of hydrogen-bond donors (Lipinski definition) is 0. The average molecular weight is 1550 g/mol. The lowest BCUT2D eigenvalue weighted by molar-refractivity contribution is 0.666. The van der Waals surface area contributed by atoms with E-state index in [0.717, 1.165) is 83.7 Å². The summed E-state index contributed by atoms with van der Waals surface area (Å²) in [5.41, 5.74) is 33.2.